The molecule has 0 amide bonds. The molecule has 0 aliphatic rings. The summed E-state index contributed by atoms with van der Waals surface area (Å²) in [5.41, 5.74) is 0.345. The van der Waals surface area contributed by atoms with Crippen LogP contribution in [0.4, 0.5) is 17.6 Å². The molecule has 0 unspecified atom stereocenters. The van der Waals surface area contributed by atoms with Crippen molar-refractivity contribution in [2.45, 2.75) is 19.2 Å². The van der Waals surface area contributed by atoms with Crippen LogP contribution in [0.15, 0.2) is 42.5 Å². The van der Waals surface area contributed by atoms with Crippen LogP contribution in [0, 0.1) is 5.82 Å². The lowest BCUT2D eigenvalue weighted by molar-refractivity contribution is -0.137. The van der Waals surface area contributed by atoms with E-state index in [4.69, 9.17) is 0 Å². The minimum Gasteiger partial charge on any atom is -0.389 e. The van der Waals surface area contributed by atoms with Gasteiger partial charge in [0, 0.05) is 5.56 Å². The quantitative estimate of drug-likeness (QED) is 0.801. The van der Waals surface area contributed by atoms with E-state index in [1.54, 1.807) is 6.07 Å². The Morgan fingerprint density at radius 2 is 1.50 bits per heavy atom. The maximum Gasteiger partial charge on any atom is 0.416 e. The van der Waals surface area contributed by atoms with Crippen molar-refractivity contribution in [1.82, 2.24) is 0 Å². The highest BCUT2D eigenvalue weighted by atomic mass is 19.4. The van der Waals surface area contributed by atoms with Crippen molar-refractivity contribution < 1.29 is 22.7 Å². The van der Waals surface area contributed by atoms with E-state index >= 15 is 0 Å². The maximum absolute atomic E-state index is 13.7. The van der Waals surface area contributed by atoms with E-state index in [9.17, 15) is 22.7 Å². The molecule has 5 heteroatoms. The molecule has 0 fully saturated rings. The molecule has 0 bridgehead atoms. The second-order valence-corrected chi connectivity index (χ2v) is 4.49. The fraction of sp³-hybridized carbons (Fsp3) is 0.200. The van der Waals surface area contributed by atoms with Gasteiger partial charge in [-0.25, -0.2) is 4.39 Å². The summed E-state index contributed by atoms with van der Waals surface area (Å²) in [5, 5.41) is 9.33. The Kier molecular flexibility index (Phi) is 3.81. The Hall–Kier alpha value is -1.88. The van der Waals surface area contributed by atoms with Crippen molar-refractivity contribution in [1.29, 1.82) is 0 Å². The standard InChI is InChI=1S/C15H12F4O/c1-9(20)13-7-4-11(8-14(13)16)10-2-5-12(6-3-10)15(17,18)19/h2-9,20H,1H3/t9-/m0/s1. The summed E-state index contributed by atoms with van der Waals surface area (Å²) in [4.78, 5) is 0. The van der Waals surface area contributed by atoms with Gasteiger partial charge in [0.1, 0.15) is 5.82 Å². The zero-order valence-corrected chi connectivity index (χ0v) is 10.6. The number of aliphatic hydroxyl groups excluding tert-OH is 1. The zero-order valence-electron chi connectivity index (χ0n) is 10.6. The van der Waals surface area contributed by atoms with Crippen LogP contribution in [0.5, 0.6) is 0 Å². The van der Waals surface area contributed by atoms with Crippen LogP contribution in [0.2, 0.25) is 0 Å². The topological polar surface area (TPSA) is 20.2 Å². The molecule has 2 aromatic carbocycles. The Labute approximate surface area is 113 Å². The predicted octanol–water partition coefficient (Wildman–Crippen LogP) is 4.56. The number of alkyl halides is 3. The Bertz CT molecular complexity index is 600. The molecule has 106 valence electrons. The number of benzene rings is 2. The summed E-state index contributed by atoms with van der Waals surface area (Å²) in [6, 6.07) is 8.68. The molecule has 1 nitrogen and oxygen atoms in total. The van der Waals surface area contributed by atoms with Crippen molar-refractivity contribution in [2.24, 2.45) is 0 Å². The molecule has 20 heavy (non-hydrogen) atoms. The highest BCUT2D eigenvalue weighted by Crippen LogP contribution is 2.31. The van der Waals surface area contributed by atoms with Gasteiger partial charge in [-0.05, 0) is 36.2 Å². The van der Waals surface area contributed by atoms with Gasteiger partial charge < -0.3 is 5.11 Å². The second kappa shape index (κ2) is 5.25. The van der Waals surface area contributed by atoms with Gasteiger partial charge in [0.25, 0.3) is 0 Å². The predicted molar refractivity (Wildman–Crippen MR) is 67.5 cm³/mol. The van der Waals surface area contributed by atoms with Crippen LogP contribution in [0.25, 0.3) is 11.1 Å². The molecule has 2 aromatic rings. The summed E-state index contributed by atoms with van der Waals surface area (Å²) in [6.45, 7) is 1.44. The van der Waals surface area contributed by atoms with E-state index in [0.717, 1.165) is 12.1 Å². The normalized spacial score (nSPS) is 13.3. The lowest BCUT2D eigenvalue weighted by Gasteiger charge is -2.10. The van der Waals surface area contributed by atoms with Crippen LogP contribution >= 0.6 is 0 Å². The number of hydrogen-bond acceptors (Lipinski definition) is 1. The molecule has 0 radical (unpaired) electrons. The number of rotatable bonds is 2. The molecular weight excluding hydrogens is 272 g/mol. The third-order valence-electron chi connectivity index (χ3n) is 3.00. The highest BCUT2D eigenvalue weighted by Gasteiger charge is 2.29. The van der Waals surface area contributed by atoms with Crippen molar-refractivity contribution >= 4 is 0 Å². The minimum atomic E-state index is -4.39. The average Bonchev–Trinajstić information content (AvgIpc) is 2.37. The van der Waals surface area contributed by atoms with Crippen LogP contribution in [-0.4, -0.2) is 5.11 Å². The Balaban J connectivity index is 2.35. The van der Waals surface area contributed by atoms with E-state index in [1.165, 1.54) is 31.2 Å². The largest absolute Gasteiger partial charge is 0.416 e. The number of halogens is 4. The second-order valence-electron chi connectivity index (χ2n) is 4.49. The first-order chi connectivity index (χ1) is 9.29. The van der Waals surface area contributed by atoms with Crippen molar-refractivity contribution in [3.63, 3.8) is 0 Å². The lowest BCUT2D eigenvalue weighted by Crippen LogP contribution is -2.04. The SMILES string of the molecule is C[C@H](O)c1ccc(-c2ccc(C(F)(F)F)cc2)cc1F. The Morgan fingerprint density at radius 3 is 1.95 bits per heavy atom. The summed E-state index contributed by atoms with van der Waals surface area (Å²) < 4.78 is 51.0. The van der Waals surface area contributed by atoms with E-state index < -0.39 is 23.7 Å². The fourth-order valence-electron chi connectivity index (χ4n) is 1.90. The molecule has 0 heterocycles. The number of hydrogen-bond donors (Lipinski definition) is 1. The fourth-order valence-corrected chi connectivity index (χ4v) is 1.90. The molecule has 0 aliphatic heterocycles. The third-order valence-corrected chi connectivity index (χ3v) is 3.00. The van der Waals surface area contributed by atoms with Gasteiger partial charge in [0.05, 0.1) is 11.7 Å². The van der Waals surface area contributed by atoms with Crippen LogP contribution in [-0.2, 0) is 6.18 Å². The molecular formula is C15H12F4O. The molecule has 1 N–H and O–H groups in total. The number of aliphatic hydroxyl groups is 1. The highest BCUT2D eigenvalue weighted by molar-refractivity contribution is 5.64. The molecule has 0 saturated carbocycles. The third kappa shape index (κ3) is 2.99. The first-order valence-electron chi connectivity index (χ1n) is 5.94. The summed E-state index contributed by atoms with van der Waals surface area (Å²) >= 11 is 0. The summed E-state index contributed by atoms with van der Waals surface area (Å²) in [5.74, 6) is -0.586. The zero-order chi connectivity index (χ0) is 14.9. The summed E-state index contributed by atoms with van der Waals surface area (Å²) in [7, 11) is 0. The van der Waals surface area contributed by atoms with E-state index in [0.29, 0.717) is 11.1 Å². The van der Waals surface area contributed by atoms with E-state index in [-0.39, 0.29) is 5.56 Å². The molecule has 1 atom stereocenters. The van der Waals surface area contributed by atoms with Crippen molar-refractivity contribution in [3.8, 4) is 11.1 Å². The van der Waals surface area contributed by atoms with Crippen LogP contribution < -0.4 is 0 Å². The molecule has 0 aliphatic carbocycles. The average molecular weight is 284 g/mol. The molecule has 0 saturated heterocycles. The first kappa shape index (κ1) is 14.5. The van der Waals surface area contributed by atoms with E-state index in [2.05, 4.69) is 0 Å². The van der Waals surface area contributed by atoms with Gasteiger partial charge >= 0.3 is 6.18 Å². The van der Waals surface area contributed by atoms with E-state index in [1.807, 2.05) is 0 Å². The summed E-state index contributed by atoms with van der Waals surface area (Å²) in [6.07, 6.45) is -5.32. The molecule has 0 aromatic heterocycles. The van der Waals surface area contributed by atoms with Crippen molar-refractivity contribution in [3.05, 3.63) is 59.4 Å². The minimum absolute atomic E-state index is 0.153. The first-order valence-corrected chi connectivity index (χ1v) is 5.94. The van der Waals surface area contributed by atoms with Gasteiger partial charge in [0.15, 0.2) is 0 Å². The van der Waals surface area contributed by atoms with Gasteiger partial charge in [-0.15, -0.1) is 0 Å². The smallest absolute Gasteiger partial charge is 0.389 e. The van der Waals surface area contributed by atoms with Gasteiger partial charge in [0.2, 0.25) is 0 Å². The van der Waals surface area contributed by atoms with Crippen molar-refractivity contribution in [2.75, 3.05) is 0 Å². The Morgan fingerprint density at radius 1 is 0.950 bits per heavy atom. The van der Waals surface area contributed by atoms with Crippen LogP contribution in [0.1, 0.15) is 24.2 Å². The monoisotopic (exact) mass is 284 g/mol. The lowest BCUT2D eigenvalue weighted by atomic mass is 10.0. The van der Waals surface area contributed by atoms with Crippen LogP contribution in [0.3, 0.4) is 0 Å². The van der Waals surface area contributed by atoms with Gasteiger partial charge in [-0.1, -0.05) is 24.3 Å². The van der Waals surface area contributed by atoms with Gasteiger partial charge in [-0.2, -0.15) is 13.2 Å². The molecule has 0 spiro atoms. The maximum atomic E-state index is 13.7. The van der Waals surface area contributed by atoms with Gasteiger partial charge in [-0.3, -0.25) is 0 Å². The molecule has 2 rings (SSSR count).